The fourth-order valence-electron chi connectivity index (χ4n) is 3.19. The van der Waals surface area contributed by atoms with Gasteiger partial charge >= 0.3 is 12.0 Å². The molecule has 0 radical (unpaired) electrons. The Balaban J connectivity index is 1.81. The van der Waals surface area contributed by atoms with Crippen molar-refractivity contribution in [3.8, 4) is 5.75 Å². The van der Waals surface area contributed by atoms with E-state index in [4.69, 9.17) is 14.2 Å². The van der Waals surface area contributed by atoms with Crippen molar-refractivity contribution < 1.29 is 23.8 Å². The van der Waals surface area contributed by atoms with E-state index in [1.165, 1.54) is 0 Å². The van der Waals surface area contributed by atoms with Crippen LogP contribution in [0.15, 0.2) is 35.5 Å². The van der Waals surface area contributed by atoms with Gasteiger partial charge in [-0.2, -0.15) is 0 Å². The number of benzene rings is 1. The number of hydrogen-bond acceptors (Lipinski definition) is 5. The number of esters is 1. The molecular weight excluding hydrogens is 336 g/mol. The van der Waals surface area contributed by atoms with E-state index < -0.39 is 12.0 Å². The van der Waals surface area contributed by atoms with Crippen molar-refractivity contribution in [2.45, 2.75) is 38.8 Å². The zero-order valence-corrected chi connectivity index (χ0v) is 15.0. The predicted octanol–water partition coefficient (Wildman–Crippen LogP) is 2.44. The summed E-state index contributed by atoms with van der Waals surface area (Å²) in [5.74, 6) is 0.222. The molecular formula is C19H24N2O5. The maximum Gasteiger partial charge on any atom is 0.338 e. The minimum absolute atomic E-state index is 0.0503. The molecule has 0 spiro atoms. The number of nitrogens with one attached hydrogen (secondary N) is 2. The van der Waals surface area contributed by atoms with Gasteiger partial charge < -0.3 is 24.8 Å². The Labute approximate surface area is 152 Å². The largest absolute Gasteiger partial charge is 0.494 e. The molecule has 26 heavy (non-hydrogen) atoms. The van der Waals surface area contributed by atoms with Gasteiger partial charge in [0.1, 0.15) is 12.4 Å². The fourth-order valence-corrected chi connectivity index (χ4v) is 3.19. The lowest BCUT2D eigenvalue weighted by Gasteiger charge is -2.28. The average molecular weight is 360 g/mol. The lowest BCUT2D eigenvalue weighted by molar-refractivity contribution is -0.142. The Morgan fingerprint density at radius 2 is 2.23 bits per heavy atom. The Kier molecular flexibility index (Phi) is 5.78. The lowest BCUT2D eigenvalue weighted by Crippen LogP contribution is -2.45. The number of carbonyl (C=O) groups excluding carboxylic acids is 2. The Morgan fingerprint density at radius 3 is 2.96 bits per heavy atom. The highest BCUT2D eigenvalue weighted by atomic mass is 16.6. The van der Waals surface area contributed by atoms with E-state index in [2.05, 4.69) is 10.6 Å². The average Bonchev–Trinajstić information content (AvgIpc) is 3.13. The van der Waals surface area contributed by atoms with Gasteiger partial charge in [0.25, 0.3) is 0 Å². The molecule has 0 saturated carbocycles. The van der Waals surface area contributed by atoms with Gasteiger partial charge in [0.2, 0.25) is 0 Å². The molecule has 2 atom stereocenters. The highest BCUT2D eigenvalue weighted by molar-refractivity contribution is 5.95. The second kappa shape index (κ2) is 8.23. The summed E-state index contributed by atoms with van der Waals surface area (Å²) in [5.41, 5.74) is 1.63. The van der Waals surface area contributed by atoms with Crippen molar-refractivity contribution in [1.29, 1.82) is 0 Å². The molecule has 3 rings (SSSR count). The molecule has 7 nitrogen and oxygen atoms in total. The molecule has 1 fully saturated rings. The third kappa shape index (κ3) is 4.16. The van der Waals surface area contributed by atoms with Gasteiger partial charge in [-0.25, -0.2) is 9.59 Å². The number of ether oxygens (including phenoxy) is 3. The van der Waals surface area contributed by atoms with Gasteiger partial charge in [0, 0.05) is 12.3 Å². The van der Waals surface area contributed by atoms with Crippen LogP contribution in [-0.4, -0.2) is 37.9 Å². The van der Waals surface area contributed by atoms with Crippen molar-refractivity contribution in [2.24, 2.45) is 0 Å². The summed E-state index contributed by atoms with van der Waals surface area (Å²) < 4.78 is 16.5. The molecule has 1 aromatic carbocycles. The van der Waals surface area contributed by atoms with E-state index in [1.807, 2.05) is 31.2 Å². The highest BCUT2D eigenvalue weighted by Crippen LogP contribution is 2.30. The van der Waals surface area contributed by atoms with E-state index in [0.29, 0.717) is 30.2 Å². The van der Waals surface area contributed by atoms with Crippen LogP contribution in [0.4, 0.5) is 4.79 Å². The third-order valence-electron chi connectivity index (χ3n) is 4.42. The van der Waals surface area contributed by atoms with Crippen LogP contribution < -0.4 is 15.4 Å². The lowest BCUT2D eigenvalue weighted by atomic mass is 9.95. The summed E-state index contributed by atoms with van der Waals surface area (Å²) in [6.45, 7) is 5.05. The second-order valence-corrected chi connectivity index (χ2v) is 6.31. The summed E-state index contributed by atoms with van der Waals surface area (Å²) in [6, 6.07) is 6.38. The zero-order chi connectivity index (χ0) is 18.5. The zero-order valence-electron chi connectivity index (χ0n) is 15.0. The molecule has 2 aliphatic rings. The van der Waals surface area contributed by atoms with Gasteiger partial charge in [-0.1, -0.05) is 12.1 Å². The molecule has 1 saturated heterocycles. The first-order chi connectivity index (χ1) is 12.6. The van der Waals surface area contributed by atoms with Crippen LogP contribution in [0.1, 0.15) is 38.3 Å². The van der Waals surface area contributed by atoms with Crippen LogP contribution >= 0.6 is 0 Å². The first-order valence-corrected chi connectivity index (χ1v) is 8.88. The highest BCUT2D eigenvalue weighted by Gasteiger charge is 2.33. The quantitative estimate of drug-likeness (QED) is 0.761. The predicted molar refractivity (Wildman–Crippen MR) is 94.7 cm³/mol. The summed E-state index contributed by atoms with van der Waals surface area (Å²) in [6.07, 6.45) is 1.82. The number of hydrogen-bond donors (Lipinski definition) is 2. The third-order valence-corrected chi connectivity index (χ3v) is 4.42. The molecule has 0 aliphatic carbocycles. The molecule has 0 aromatic heterocycles. The molecule has 2 N–H and O–H groups in total. The van der Waals surface area contributed by atoms with E-state index in [1.54, 1.807) is 6.92 Å². The second-order valence-electron chi connectivity index (χ2n) is 6.31. The number of amides is 2. The topological polar surface area (TPSA) is 85.9 Å². The summed E-state index contributed by atoms with van der Waals surface area (Å²) in [5, 5.41) is 5.44. The van der Waals surface area contributed by atoms with Crippen LogP contribution in [0, 0.1) is 0 Å². The molecule has 0 bridgehead atoms. The van der Waals surface area contributed by atoms with Crippen molar-refractivity contribution in [2.75, 3.05) is 19.8 Å². The van der Waals surface area contributed by atoms with E-state index in [0.717, 1.165) is 18.4 Å². The summed E-state index contributed by atoms with van der Waals surface area (Å²) in [4.78, 5) is 24.7. The fraction of sp³-hybridized carbons (Fsp3) is 0.474. The van der Waals surface area contributed by atoms with Gasteiger partial charge in [-0.05, 0) is 44.4 Å². The van der Waals surface area contributed by atoms with Gasteiger partial charge in [-0.3, -0.25) is 0 Å². The van der Waals surface area contributed by atoms with Gasteiger partial charge in [-0.15, -0.1) is 0 Å². The Hall–Kier alpha value is -2.54. The van der Waals surface area contributed by atoms with Crippen molar-refractivity contribution in [1.82, 2.24) is 10.6 Å². The number of carbonyl (C=O) groups is 2. The Bertz CT molecular complexity index is 710. The van der Waals surface area contributed by atoms with Crippen LogP contribution in [0.25, 0.3) is 0 Å². The minimum atomic E-state index is -0.596. The van der Waals surface area contributed by atoms with E-state index in [9.17, 15) is 9.59 Å². The van der Waals surface area contributed by atoms with Gasteiger partial charge in [0.05, 0.1) is 24.3 Å². The smallest absolute Gasteiger partial charge is 0.338 e. The number of rotatable bonds is 6. The molecule has 1 aromatic rings. The molecule has 7 heteroatoms. The standard InChI is InChI=1S/C19H24N2O5/c1-3-24-14-7-4-6-13(10-14)17-16(12(2)20-19(23)21-17)18(22)26-11-15-8-5-9-25-15/h4,6-7,10,15,17H,3,5,8-9,11H2,1-2H3,(H2,20,21,23)/t15-,17+/m1/s1. The Morgan fingerprint density at radius 1 is 1.38 bits per heavy atom. The minimum Gasteiger partial charge on any atom is -0.494 e. The number of urea groups is 1. The van der Waals surface area contributed by atoms with Crippen molar-refractivity contribution in [3.05, 3.63) is 41.1 Å². The molecule has 2 heterocycles. The van der Waals surface area contributed by atoms with Crippen molar-refractivity contribution >= 4 is 12.0 Å². The van der Waals surface area contributed by atoms with Crippen LogP contribution in [0.2, 0.25) is 0 Å². The molecule has 2 aliphatic heterocycles. The van der Waals surface area contributed by atoms with E-state index in [-0.39, 0.29) is 18.7 Å². The molecule has 2 amide bonds. The van der Waals surface area contributed by atoms with Crippen molar-refractivity contribution in [3.63, 3.8) is 0 Å². The summed E-state index contributed by atoms with van der Waals surface area (Å²) >= 11 is 0. The van der Waals surface area contributed by atoms with E-state index >= 15 is 0 Å². The first-order valence-electron chi connectivity index (χ1n) is 8.88. The number of allylic oxidation sites excluding steroid dienone is 1. The molecule has 140 valence electrons. The summed E-state index contributed by atoms with van der Waals surface area (Å²) in [7, 11) is 0. The van der Waals surface area contributed by atoms with Crippen LogP contribution in [0.3, 0.4) is 0 Å². The van der Waals surface area contributed by atoms with Crippen LogP contribution in [-0.2, 0) is 14.3 Å². The molecule has 0 unspecified atom stereocenters. The first kappa shape index (κ1) is 18.3. The van der Waals surface area contributed by atoms with Gasteiger partial charge in [0.15, 0.2) is 0 Å². The maximum absolute atomic E-state index is 12.7. The normalized spacial score (nSPS) is 22.6. The van der Waals surface area contributed by atoms with Crippen LogP contribution in [0.5, 0.6) is 5.75 Å². The SMILES string of the molecule is CCOc1cccc([C@@H]2NC(=O)NC(C)=C2C(=O)OC[C@H]2CCCO2)c1. The monoisotopic (exact) mass is 360 g/mol. The maximum atomic E-state index is 12.7.